The first-order chi connectivity index (χ1) is 7.75. The summed E-state index contributed by atoms with van der Waals surface area (Å²) in [6.07, 6.45) is 3.40. The molecule has 0 atom stereocenters. The third-order valence-corrected chi connectivity index (χ3v) is 2.89. The predicted octanol–water partition coefficient (Wildman–Crippen LogP) is 4.08. The number of rotatable bonds is 3. The molecule has 2 rings (SSSR count). The van der Waals surface area contributed by atoms with Crippen LogP contribution in [0.2, 0.25) is 5.02 Å². The molecule has 1 aromatic carbocycles. The second-order valence-electron chi connectivity index (χ2n) is 3.22. The van der Waals surface area contributed by atoms with Crippen LogP contribution in [0, 0.1) is 0 Å². The van der Waals surface area contributed by atoms with E-state index in [9.17, 15) is 0 Å². The average Bonchev–Trinajstić information content (AvgIpc) is 2.30. The van der Waals surface area contributed by atoms with Crippen LogP contribution in [0.15, 0.2) is 47.2 Å². The summed E-state index contributed by atoms with van der Waals surface area (Å²) in [5.41, 5.74) is 1.08. The molecule has 2 nitrogen and oxygen atoms in total. The minimum Gasteiger partial charge on any atom is -0.488 e. The van der Waals surface area contributed by atoms with Gasteiger partial charge in [0.2, 0.25) is 0 Å². The fourth-order valence-electron chi connectivity index (χ4n) is 1.22. The van der Waals surface area contributed by atoms with Crippen LogP contribution in [-0.4, -0.2) is 4.98 Å². The summed E-state index contributed by atoms with van der Waals surface area (Å²) in [4.78, 5) is 3.97. The molecular formula is C12H9BrClNO. The maximum atomic E-state index is 5.80. The number of ether oxygens (including phenoxy) is 1. The van der Waals surface area contributed by atoms with Crippen molar-refractivity contribution in [2.45, 2.75) is 6.61 Å². The number of halogens is 2. The topological polar surface area (TPSA) is 22.1 Å². The lowest BCUT2D eigenvalue weighted by molar-refractivity contribution is 0.304. The second kappa shape index (κ2) is 5.32. The van der Waals surface area contributed by atoms with Gasteiger partial charge in [-0.2, -0.15) is 0 Å². The van der Waals surface area contributed by atoms with Gasteiger partial charge < -0.3 is 4.74 Å². The quantitative estimate of drug-likeness (QED) is 0.852. The van der Waals surface area contributed by atoms with Crippen molar-refractivity contribution in [2.75, 3.05) is 0 Å². The highest BCUT2D eigenvalue weighted by Gasteiger charge is 2.00. The molecule has 1 heterocycles. The highest BCUT2D eigenvalue weighted by atomic mass is 79.9. The zero-order chi connectivity index (χ0) is 11.4. The lowest BCUT2D eigenvalue weighted by Crippen LogP contribution is -1.95. The van der Waals surface area contributed by atoms with E-state index in [1.807, 2.05) is 30.3 Å². The zero-order valence-electron chi connectivity index (χ0n) is 8.36. The van der Waals surface area contributed by atoms with E-state index in [0.29, 0.717) is 6.61 Å². The fourth-order valence-corrected chi connectivity index (χ4v) is 1.71. The average molecular weight is 299 g/mol. The number of benzene rings is 1. The molecule has 0 bridgehead atoms. The first-order valence-corrected chi connectivity index (χ1v) is 5.89. The van der Waals surface area contributed by atoms with Crippen molar-refractivity contribution < 1.29 is 4.74 Å². The molecular weight excluding hydrogens is 289 g/mol. The van der Waals surface area contributed by atoms with Crippen LogP contribution < -0.4 is 4.74 Å². The highest BCUT2D eigenvalue weighted by Crippen LogP contribution is 2.23. The van der Waals surface area contributed by atoms with Gasteiger partial charge in [-0.25, -0.2) is 0 Å². The van der Waals surface area contributed by atoms with E-state index in [2.05, 4.69) is 20.9 Å². The Morgan fingerprint density at radius 2 is 1.94 bits per heavy atom. The Morgan fingerprint density at radius 3 is 2.62 bits per heavy atom. The lowest BCUT2D eigenvalue weighted by atomic mass is 10.2. The van der Waals surface area contributed by atoms with E-state index in [-0.39, 0.29) is 0 Å². The molecule has 16 heavy (non-hydrogen) atoms. The van der Waals surface area contributed by atoms with Crippen molar-refractivity contribution >= 4 is 27.5 Å². The second-order valence-corrected chi connectivity index (χ2v) is 4.51. The van der Waals surface area contributed by atoms with Crippen LogP contribution in [0.1, 0.15) is 5.56 Å². The maximum absolute atomic E-state index is 5.80. The molecule has 0 saturated carbocycles. The first kappa shape index (κ1) is 11.4. The summed E-state index contributed by atoms with van der Waals surface area (Å²) in [5, 5.41) is 0.730. The van der Waals surface area contributed by atoms with E-state index in [4.69, 9.17) is 16.3 Å². The maximum Gasteiger partial charge on any atom is 0.137 e. The van der Waals surface area contributed by atoms with Crippen molar-refractivity contribution in [1.29, 1.82) is 0 Å². The Hall–Kier alpha value is -1.06. The normalized spacial score (nSPS) is 10.1. The van der Waals surface area contributed by atoms with Crippen molar-refractivity contribution in [3.63, 3.8) is 0 Å². The Balaban J connectivity index is 2.02. The van der Waals surface area contributed by atoms with E-state index >= 15 is 0 Å². The molecule has 0 unspecified atom stereocenters. The molecule has 0 radical (unpaired) electrons. The van der Waals surface area contributed by atoms with Gasteiger partial charge in [0.05, 0.1) is 4.47 Å². The SMILES string of the molecule is Clc1ccc(COc2ccncc2Br)cc1. The van der Waals surface area contributed by atoms with Gasteiger partial charge in [0.1, 0.15) is 12.4 Å². The van der Waals surface area contributed by atoms with Crippen LogP contribution in [0.25, 0.3) is 0 Å². The van der Waals surface area contributed by atoms with Crippen molar-refractivity contribution in [3.05, 3.63) is 57.8 Å². The van der Waals surface area contributed by atoms with Crippen LogP contribution in [-0.2, 0) is 6.61 Å². The van der Waals surface area contributed by atoms with E-state index in [1.54, 1.807) is 12.4 Å². The number of hydrogen-bond donors (Lipinski definition) is 0. The molecule has 0 aliphatic heterocycles. The molecule has 4 heteroatoms. The number of hydrogen-bond acceptors (Lipinski definition) is 2. The van der Waals surface area contributed by atoms with Gasteiger partial charge >= 0.3 is 0 Å². The Kier molecular flexibility index (Phi) is 3.80. The number of nitrogens with zero attached hydrogens (tertiary/aromatic N) is 1. The standard InChI is InChI=1S/C12H9BrClNO/c13-11-7-15-6-5-12(11)16-8-9-1-3-10(14)4-2-9/h1-7H,8H2. The lowest BCUT2D eigenvalue weighted by Gasteiger charge is -2.07. The number of aromatic nitrogens is 1. The van der Waals surface area contributed by atoms with Gasteiger partial charge in [-0.3, -0.25) is 4.98 Å². The minimum atomic E-state index is 0.514. The van der Waals surface area contributed by atoms with E-state index < -0.39 is 0 Å². The van der Waals surface area contributed by atoms with Gasteiger partial charge in [0, 0.05) is 17.4 Å². The molecule has 82 valence electrons. The van der Waals surface area contributed by atoms with E-state index in [0.717, 1.165) is 20.8 Å². The van der Waals surface area contributed by atoms with Gasteiger partial charge in [-0.1, -0.05) is 23.7 Å². The van der Waals surface area contributed by atoms with Gasteiger partial charge in [0.15, 0.2) is 0 Å². The molecule has 0 aliphatic rings. The summed E-state index contributed by atoms with van der Waals surface area (Å²) in [5.74, 6) is 0.782. The molecule has 0 amide bonds. The third kappa shape index (κ3) is 2.97. The summed E-state index contributed by atoms with van der Waals surface area (Å²) >= 11 is 9.17. The first-order valence-electron chi connectivity index (χ1n) is 4.72. The molecule has 0 N–H and O–H groups in total. The van der Waals surface area contributed by atoms with Crippen LogP contribution in [0.4, 0.5) is 0 Å². The summed E-state index contributed by atoms with van der Waals surface area (Å²) in [6, 6.07) is 9.40. The largest absolute Gasteiger partial charge is 0.488 e. The minimum absolute atomic E-state index is 0.514. The van der Waals surface area contributed by atoms with Gasteiger partial charge in [-0.15, -0.1) is 0 Å². The van der Waals surface area contributed by atoms with Crippen LogP contribution >= 0.6 is 27.5 Å². The number of pyridine rings is 1. The highest BCUT2D eigenvalue weighted by molar-refractivity contribution is 9.10. The Bertz CT molecular complexity index is 473. The van der Waals surface area contributed by atoms with Crippen LogP contribution in [0.5, 0.6) is 5.75 Å². The van der Waals surface area contributed by atoms with Crippen molar-refractivity contribution in [3.8, 4) is 5.75 Å². The van der Waals surface area contributed by atoms with Gasteiger partial charge in [0.25, 0.3) is 0 Å². The third-order valence-electron chi connectivity index (χ3n) is 2.04. The predicted molar refractivity (Wildman–Crippen MR) is 67.7 cm³/mol. The molecule has 1 aromatic heterocycles. The van der Waals surface area contributed by atoms with E-state index in [1.165, 1.54) is 0 Å². The monoisotopic (exact) mass is 297 g/mol. The van der Waals surface area contributed by atoms with Gasteiger partial charge in [-0.05, 0) is 39.7 Å². The molecule has 0 saturated heterocycles. The fraction of sp³-hybridized carbons (Fsp3) is 0.0833. The Morgan fingerprint density at radius 1 is 1.19 bits per heavy atom. The smallest absolute Gasteiger partial charge is 0.137 e. The summed E-state index contributed by atoms with van der Waals surface area (Å²) in [7, 11) is 0. The van der Waals surface area contributed by atoms with Crippen molar-refractivity contribution in [2.24, 2.45) is 0 Å². The molecule has 2 aromatic rings. The summed E-state index contributed by atoms with van der Waals surface area (Å²) < 4.78 is 6.48. The molecule has 0 spiro atoms. The Labute approximate surface area is 107 Å². The van der Waals surface area contributed by atoms with Crippen LogP contribution in [0.3, 0.4) is 0 Å². The zero-order valence-corrected chi connectivity index (χ0v) is 10.7. The van der Waals surface area contributed by atoms with Crippen molar-refractivity contribution in [1.82, 2.24) is 4.98 Å². The summed E-state index contributed by atoms with van der Waals surface area (Å²) in [6.45, 7) is 0.514. The molecule has 0 fully saturated rings. The molecule has 0 aliphatic carbocycles.